The van der Waals surface area contributed by atoms with Gasteiger partial charge >= 0.3 is 5.97 Å². The van der Waals surface area contributed by atoms with Crippen LogP contribution in [-0.4, -0.2) is 43.9 Å². The van der Waals surface area contributed by atoms with E-state index in [1.54, 1.807) is 18.5 Å². The summed E-state index contributed by atoms with van der Waals surface area (Å²) in [6, 6.07) is 17.0. The molecule has 1 amide bonds. The lowest BCUT2D eigenvalue weighted by molar-refractivity contribution is -0.245. The molecule has 3 N–H and O–H groups in total. The lowest BCUT2D eigenvalue weighted by atomic mass is 10.0. The standard InChI is InChI=1S/C30H35N3O6S/c34-19-21-11-13-22(14-12-21)26-18-25(20-40-30-31-15-6-16-32-30)38-29(39-26)23-7-5-8-24(17-23)33-27(35)9-3-1-2-4-10-28(36)37/h5-8,11-17,25-26,29,34H,1-4,9-10,18-20H2,(H,33,35)(H,36,37)/t25-,26+,29+/m0/s1. The van der Waals surface area contributed by atoms with E-state index in [0.29, 0.717) is 42.3 Å². The van der Waals surface area contributed by atoms with E-state index in [2.05, 4.69) is 15.3 Å². The van der Waals surface area contributed by atoms with E-state index in [9.17, 15) is 14.7 Å². The summed E-state index contributed by atoms with van der Waals surface area (Å²) in [5, 5.41) is 21.8. The highest BCUT2D eigenvalue weighted by atomic mass is 32.2. The molecule has 3 atom stereocenters. The van der Waals surface area contributed by atoms with Gasteiger partial charge in [0.15, 0.2) is 11.4 Å². The van der Waals surface area contributed by atoms with Gasteiger partial charge in [-0.2, -0.15) is 0 Å². The molecule has 1 saturated heterocycles. The number of carbonyl (C=O) groups is 2. The molecule has 1 fully saturated rings. The predicted octanol–water partition coefficient (Wildman–Crippen LogP) is 5.67. The van der Waals surface area contributed by atoms with E-state index in [1.807, 2.05) is 48.5 Å². The van der Waals surface area contributed by atoms with E-state index < -0.39 is 12.3 Å². The maximum absolute atomic E-state index is 12.5. The summed E-state index contributed by atoms with van der Waals surface area (Å²) in [7, 11) is 0. The molecule has 0 radical (unpaired) electrons. The van der Waals surface area contributed by atoms with Crippen LogP contribution in [0.15, 0.2) is 72.1 Å². The highest BCUT2D eigenvalue weighted by molar-refractivity contribution is 7.99. The van der Waals surface area contributed by atoms with Gasteiger partial charge in [0.05, 0.1) is 18.8 Å². The van der Waals surface area contributed by atoms with Crippen molar-refractivity contribution < 1.29 is 29.3 Å². The van der Waals surface area contributed by atoms with Gasteiger partial charge in [0, 0.05) is 48.7 Å². The van der Waals surface area contributed by atoms with E-state index in [0.717, 1.165) is 29.5 Å². The maximum atomic E-state index is 12.5. The molecular formula is C30H35N3O6S. The van der Waals surface area contributed by atoms with Crippen LogP contribution in [-0.2, 0) is 25.7 Å². The number of aromatic nitrogens is 2. The fourth-order valence-electron chi connectivity index (χ4n) is 4.45. The molecule has 3 aromatic rings. The van der Waals surface area contributed by atoms with Crippen LogP contribution in [0.5, 0.6) is 0 Å². The van der Waals surface area contributed by atoms with E-state index in [4.69, 9.17) is 14.6 Å². The second kappa shape index (κ2) is 15.5. The second-order valence-corrected chi connectivity index (χ2v) is 10.7. The van der Waals surface area contributed by atoms with Gasteiger partial charge in [0.1, 0.15) is 0 Å². The molecule has 9 nitrogen and oxygen atoms in total. The van der Waals surface area contributed by atoms with Crippen LogP contribution in [0.1, 0.15) is 74.0 Å². The number of nitrogens with zero attached hydrogens (tertiary/aromatic N) is 2. The Kier molecular flexibility index (Phi) is 11.5. The van der Waals surface area contributed by atoms with Crippen LogP contribution >= 0.6 is 11.8 Å². The van der Waals surface area contributed by atoms with Crippen molar-refractivity contribution in [3.8, 4) is 0 Å². The first-order valence-corrected chi connectivity index (χ1v) is 14.5. The number of aliphatic hydroxyl groups is 1. The average molecular weight is 566 g/mol. The number of aliphatic carboxylic acids is 1. The molecule has 0 aliphatic carbocycles. The number of hydrogen-bond acceptors (Lipinski definition) is 8. The van der Waals surface area contributed by atoms with Crippen LogP contribution in [0, 0.1) is 0 Å². The first kappa shape index (κ1) is 29.7. The van der Waals surface area contributed by atoms with Crippen LogP contribution in [0.4, 0.5) is 5.69 Å². The Morgan fingerprint density at radius 2 is 1.68 bits per heavy atom. The van der Waals surface area contributed by atoms with Gasteiger partial charge in [0.25, 0.3) is 0 Å². The lowest BCUT2D eigenvalue weighted by Gasteiger charge is -2.36. The van der Waals surface area contributed by atoms with Crippen molar-refractivity contribution in [1.29, 1.82) is 0 Å². The summed E-state index contributed by atoms with van der Waals surface area (Å²) in [4.78, 5) is 31.7. The van der Waals surface area contributed by atoms with Gasteiger partial charge in [0.2, 0.25) is 5.91 Å². The number of benzene rings is 2. The summed E-state index contributed by atoms with van der Waals surface area (Å²) in [5.74, 6) is -0.220. The summed E-state index contributed by atoms with van der Waals surface area (Å²) in [6.45, 7) is -0.0168. The zero-order chi connectivity index (χ0) is 28.2. The fourth-order valence-corrected chi connectivity index (χ4v) is 5.27. The second-order valence-electron chi connectivity index (χ2n) is 9.67. The van der Waals surface area contributed by atoms with Crippen LogP contribution in [0.2, 0.25) is 0 Å². The minimum atomic E-state index is -0.787. The monoisotopic (exact) mass is 565 g/mol. The minimum Gasteiger partial charge on any atom is -0.481 e. The molecule has 2 aromatic carbocycles. The highest BCUT2D eigenvalue weighted by Gasteiger charge is 2.32. The number of unbranched alkanes of at least 4 members (excludes halogenated alkanes) is 3. The Labute approximate surface area is 238 Å². The first-order chi connectivity index (χ1) is 19.5. The summed E-state index contributed by atoms with van der Waals surface area (Å²) >= 11 is 1.53. The number of nitrogens with one attached hydrogen (secondary N) is 1. The highest BCUT2D eigenvalue weighted by Crippen LogP contribution is 2.39. The number of ether oxygens (including phenoxy) is 2. The number of thioether (sulfide) groups is 1. The zero-order valence-corrected chi connectivity index (χ0v) is 23.1. The van der Waals surface area contributed by atoms with E-state index in [-0.39, 0.29) is 31.1 Å². The molecule has 1 aromatic heterocycles. The van der Waals surface area contributed by atoms with Gasteiger partial charge in [-0.3, -0.25) is 9.59 Å². The maximum Gasteiger partial charge on any atom is 0.303 e. The van der Waals surface area contributed by atoms with Crippen molar-refractivity contribution in [2.45, 2.75) is 75.2 Å². The number of carboxylic acids is 1. The van der Waals surface area contributed by atoms with Gasteiger partial charge in [-0.25, -0.2) is 9.97 Å². The van der Waals surface area contributed by atoms with Gasteiger partial charge in [-0.05, 0) is 42.2 Å². The van der Waals surface area contributed by atoms with Crippen LogP contribution in [0.25, 0.3) is 0 Å². The molecule has 4 rings (SSSR count). The number of rotatable bonds is 14. The number of aliphatic hydroxyl groups excluding tert-OH is 1. The third-order valence-electron chi connectivity index (χ3n) is 6.54. The minimum absolute atomic E-state index is 0.0168. The molecule has 0 unspecified atom stereocenters. The molecule has 212 valence electrons. The number of anilines is 1. The average Bonchev–Trinajstić information content (AvgIpc) is 2.98. The Balaban J connectivity index is 1.39. The molecule has 10 heteroatoms. The molecule has 2 heterocycles. The molecule has 0 spiro atoms. The van der Waals surface area contributed by atoms with Crippen LogP contribution in [0.3, 0.4) is 0 Å². The van der Waals surface area contributed by atoms with E-state index in [1.165, 1.54) is 11.8 Å². The van der Waals surface area contributed by atoms with Crippen molar-refractivity contribution in [3.63, 3.8) is 0 Å². The normalized spacial score (nSPS) is 18.8. The molecule has 40 heavy (non-hydrogen) atoms. The Hall–Kier alpha value is -3.31. The topological polar surface area (TPSA) is 131 Å². The Morgan fingerprint density at radius 1 is 0.925 bits per heavy atom. The zero-order valence-electron chi connectivity index (χ0n) is 22.3. The van der Waals surface area contributed by atoms with Crippen molar-refractivity contribution in [1.82, 2.24) is 9.97 Å². The summed E-state index contributed by atoms with van der Waals surface area (Å²) in [6.07, 6.45) is 6.60. The number of hydrogen-bond donors (Lipinski definition) is 3. The van der Waals surface area contributed by atoms with Crippen molar-refractivity contribution in [2.75, 3.05) is 11.1 Å². The third kappa shape index (κ3) is 9.41. The lowest BCUT2D eigenvalue weighted by Crippen LogP contribution is -2.31. The summed E-state index contributed by atoms with van der Waals surface area (Å²) < 4.78 is 12.8. The smallest absolute Gasteiger partial charge is 0.303 e. The third-order valence-corrected chi connectivity index (χ3v) is 7.55. The predicted molar refractivity (Wildman–Crippen MR) is 152 cm³/mol. The Bertz CT molecular complexity index is 1230. The SMILES string of the molecule is O=C(O)CCCCCCC(=O)Nc1cccc([C@@H]2O[C@H](CSc3ncccn3)C[C@H](c3ccc(CO)cc3)O2)c1. The number of carboxylic acid groups (broad SMARTS) is 1. The fraction of sp³-hybridized carbons (Fsp3) is 0.400. The first-order valence-electron chi connectivity index (χ1n) is 13.5. The quantitative estimate of drug-likeness (QED) is 0.129. The van der Waals surface area contributed by atoms with Crippen LogP contribution < -0.4 is 5.32 Å². The molecule has 1 aliphatic rings. The van der Waals surface area contributed by atoms with Gasteiger partial charge < -0.3 is 25.0 Å². The number of carbonyl (C=O) groups excluding carboxylic acids is 1. The number of amides is 1. The van der Waals surface area contributed by atoms with Gasteiger partial charge in [-0.15, -0.1) is 0 Å². The molecule has 0 saturated carbocycles. The summed E-state index contributed by atoms with van der Waals surface area (Å²) in [5.41, 5.74) is 3.31. The van der Waals surface area contributed by atoms with E-state index >= 15 is 0 Å². The van der Waals surface area contributed by atoms with Gasteiger partial charge in [-0.1, -0.05) is 61.0 Å². The van der Waals surface area contributed by atoms with Crippen molar-refractivity contribution in [2.24, 2.45) is 0 Å². The largest absolute Gasteiger partial charge is 0.481 e. The van der Waals surface area contributed by atoms with Crippen molar-refractivity contribution >= 4 is 29.3 Å². The molecule has 0 bridgehead atoms. The molecular weight excluding hydrogens is 530 g/mol. The Morgan fingerprint density at radius 3 is 2.40 bits per heavy atom. The van der Waals surface area contributed by atoms with Crippen molar-refractivity contribution in [3.05, 3.63) is 83.7 Å². The molecule has 1 aliphatic heterocycles.